The van der Waals surface area contributed by atoms with Crippen molar-refractivity contribution >= 4 is 0 Å². The van der Waals surface area contributed by atoms with Crippen LogP contribution in [-0.2, 0) is 13.6 Å². The van der Waals surface area contributed by atoms with Crippen molar-refractivity contribution in [1.29, 1.82) is 0 Å². The van der Waals surface area contributed by atoms with Gasteiger partial charge in [-0.25, -0.2) is 4.98 Å². The van der Waals surface area contributed by atoms with Gasteiger partial charge in [-0.3, -0.25) is 9.58 Å². The normalized spacial score (nSPS) is 19.1. The van der Waals surface area contributed by atoms with Crippen LogP contribution in [0.25, 0.3) is 0 Å². The van der Waals surface area contributed by atoms with Crippen LogP contribution in [0.5, 0.6) is 0 Å². The van der Waals surface area contributed by atoms with E-state index in [1.54, 1.807) is 6.33 Å². The van der Waals surface area contributed by atoms with Crippen LogP contribution in [0.15, 0.2) is 6.33 Å². The van der Waals surface area contributed by atoms with Crippen molar-refractivity contribution in [3.8, 4) is 0 Å². The first-order valence-corrected chi connectivity index (χ1v) is 6.50. The van der Waals surface area contributed by atoms with Crippen molar-refractivity contribution < 1.29 is 0 Å². The standard InChI is InChI=1S/C12H23N5/c1-3-17(8-11-14-10-15-16(11)2)12(9-13)6-4-5-7-12/h10H,3-9,13H2,1-2H3. The molecule has 1 aromatic heterocycles. The van der Waals surface area contributed by atoms with Gasteiger partial charge in [0.1, 0.15) is 12.2 Å². The van der Waals surface area contributed by atoms with Crippen LogP contribution >= 0.6 is 0 Å². The second-order valence-electron chi connectivity index (χ2n) is 4.95. The summed E-state index contributed by atoms with van der Waals surface area (Å²) in [5.74, 6) is 1.02. The van der Waals surface area contributed by atoms with Gasteiger partial charge in [0.15, 0.2) is 0 Å². The second-order valence-corrected chi connectivity index (χ2v) is 4.95. The maximum Gasteiger partial charge on any atom is 0.140 e. The zero-order valence-electron chi connectivity index (χ0n) is 10.9. The minimum absolute atomic E-state index is 0.195. The van der Waals surface area contributed by atoms with E-state index in [2.05, 4.69) is 21.9 Å². The maximum atomic E-state index is 6.03. The van der Waals surface area contributed by atoms with Crippen LogP contribution in [0.4, 0.5) is 0 Å². The average molecular weight is 237 g/mol. The van der Waals surface area contributed by atoms with E-state index in [0.717, 1.165) is 25.5 Å². The van der Waals surface area contributed by atoms with Gasteiger partial charge >= 0.3 is 0 Å². The van der Waals surface area contributed by atoms with Crippen molar-refractivity contribution in [3.63, 3.8) is 0 Å². The number of aromatic nitrogens is 3. The van der Waals surface area contributed by atoms with Gasteiger partial charge in [0.25, 0.3) is 0 Å². The first kappa shape index (κ1) is 12.5. The van der Waals surface area contributed by atoms with E-state index in [1.807, 2.05) is 11.7 Å². The number of nitrogens with zero attached hydrogens (tertiary/aromatic N) is 4. The molecule has 0 saturated heterocycles. The molecule has 1 aliphatic carbocycles. The van der Waals surface area contributed by atoms with Gasteiger partial charge in [-0.2, -0.15) is 5.10 Å². The monoisotopic (exact) mass is 237 g/mol. The molecule has 5 nitrogen and oxygen atoms in total. The SMILES string of the molecule is CCN(Cc1ncnn1C)C1(CN)CCCC1. The fourth-order valence-electron chi connectivity index (χ4n) is 2.93. The zero-order valence-corrected chi connectivity index (χ0v) is 10.9. The minimum atomic E-state index is 0.195. The Balaban J connectivity index is 2.13. The van der Waals surface area contributed by atoms with E-state index in [4.69, 9.17) is 5.73 Å². The third kappa shape index (κ3) is 2.35. The lowest BCUT2D eigenvalue weighted by molar-refractivity contribution is 0.0927. The lowest BCUT2D eigenvalue weighted by atomic mass is 9.95. The van der Waals surface area contributed by atoms with Gasteiger partial charge in [0.2, 0.25) is 0 Å². The Bertz CT molecular complexity index is 354. The lowest BCUT2D eigenvalue weighted by Crippen LogP contribution is -2.51. The highest BCUT2D eigenvalue weighted by Crippen LogP contribution is 2.35. The molecule has 0 spiro atoms. The summed E-state index contributed by atoms with van der Waals surface area (Å²) in [4.78, 5) is 6.79. The number of rotatable bonds is 5. The largest absolute Gasteiger partial charge is 0.329 e. The fraction of sp³-hybridized carbons (Fsp3) is 0.833. The number of hydrogen-bond acceptors (Lipinski definition) is 4. The van der Waals surface area contributed by atoms with Crippen LogP contribution in [0.2, 0.25) is 0 Å². The quantitative estimate of drug-likeness (QED) is 0.827. The molecule has 96 valence electrons. The Labute approximate surface area is 103 Å². The summed E-state index contributed by atoms with van der Waals surface area (Å²) in [6.07, 6.45) is 6.65. The molecular formula is C12H23N5. The number of nitrogens with two attached hydrogens (primary N) is 1. The third-order valence-electron chi connectivity index (χ3n) is 4.10. The summed E-state index contributed by atoms with van der Waals surface area (Å²) in [5.41, 5.74) is 6.22. The molecule has 2 rings (SSSR count). The molecule has 0 atom stereocenters. The first-order valence-electron chi connectivity index (χ1n) is 6.50. The predicted molar refractivity (Wildman–Crippen MR) is 67.3 cm³/mol. The molecule has 1 aromatic rings. The van der Waals surface area contributed by atoms with Crippen LogP contribution in [0.3, 0.4) is 0 Å². The van der Waals surface area contributed by atoms with Crippen molar-refractivity contribution in [1.82, 2.24) is 19.7 Å². The summed E-state index contributed by atoms with van der Waals surface area (Å²) >= 11 is 0. The molecule has 0 aliphatic heterocycles. The maximum absolute atomic E-state index is 6.03. The Morgan fingerprint density at radius 1 is 1.47 bits per heavy atom. The van der Waals surface area contributed by atoms with Crippen molar-refractivity contribution in [2.75, 3.05) is 13.1 Å². The topological polar surface area (TPSA) is 60.0 Å². The van der Waals surface area contributed by atoms with Crippen LogP contribution < -0.4 is 5.73 Å². The van der Waals surface area contributed by atoms with Crippen LogP contribution in [0.1, 0.15) is 38.4 Å². The highest BCUT2D eigenvalue weighted by Gasteiger charge is 2.37. The highest BCUT2D eigenvalue weighted by atomic mass is 15.3. The number of likely N-dealkylation sites (N-methyl/N-ethyl adjacent to an activating group) is 1. The molecule has 1 aliphatic rings. The third-order valence-corrected chi connectivity index (χ3v) is 4.10. The Morgan fingerprint density at radius 2 is 2.18 bits per heavy atom. The Morgan fingerprint density at radius 3 is 2.65 bits per heavy atom. The highest BCUT2D eigenvalue weighted by molar-refractivity contribution is 4.97. The molecule has 0 amide bonds. The Kier molecular flexibility index (Phi) is 3.79. The van der Waals surface area contributed by atoms with Gasteiger partial charge in [-0.15, -0.1) is 0 Å². The number of aryl methyl sites for hydroxylation is 1. The van der Waals surface area contributed by atoms with E-state index in [1.165, 1.54) is 25.7 Å². The molecule has 0 unspecified atom stereocenters. The summed E-state index contributed by atoms with van der Waals surface area (Å²) in [7, 11) is 1.94. The molecule has 1 heterocycles. The second kappa shape index (κ2) is 5.14. The smallest absolute Gasteiger partial charge is 0.140 e. The van der Waals surface area contributed by atoms with E-state index < -0.39 is 0 Å². The molecule has 1 saturated carbocycles. The van der Waals surface area contributed by atoms with E-state index in [0.29, 0.717) is 0 Å². The van der Waals surface area contributed by atoms with Gasteiger partial charge in [0.05, 0.1) is 6.54 Å². The molecule has 0 bridgehead atoms. The van der Waals surface area contributed by atoms with Crippen molar-refractivity contribution in [2.45, 2.75) is 44.7 Å². The van der Waals surface area contributed by atoms with Crippen molar-refractivity contribution in [3.05, 3.63) is 12.2 Å². The summed E-state index contributed by atoms with van der Waals surface area (Å²) in [6.45, 7) is 4.82. The van der Waals surface area contributed by atoms with Gasteiger partial charge in [0, 0.05) is 19.1 Å². The summed E-state index contributed by atoms with van der Waals surface area (Å²) < 4.78 is 1.85. The van der Waals surface area contributed by atoms with E-state index in [9.17, 15) is 0 Å². The molecule has 1 fully saturated rings. The molecule has 2 N–H and O–H groups in total. The summed E-state index contributed by atoms with van der Waals surface area (Å²) in [5, 5.41) is 4.13. The summed E-state index contributed by atoms with van der Waals surface area (Å²) in [6, 6.07) is 0. The predicted octanol–water partition coefficient (Wildman–Crippen LogP) is 0.908. The van der Waals surface area contributed by atoms with Gasteiger partial charge < -0.3 is 5.73 Å². The molecule has 0 radical (unpaired) electrons. The van der Waals surface area contributed by atoms with Crippen LogP contribution in [-0.4, -0.2) is 38.3 Å². The first-order chi connectivity index (χ1) is 8.22. The van der Waals surface area contributed by atoms with E-state index >= 15 is 0 Å². The molecule has 5 heteroatoms. The lowest BCUT2D eigenvalue weighted by Gasteiger charge is -2.39. The molecule has 17 heavy (non-hydrogen) atoms. The van der Waals surface area contributed by atoms with Crippen LogP contribution in [0, 0.1) is 0 Å². The minimum Gasteiger partial charge on any atom is -0.329 e. The zero-order chi connectivity index (χ0) is 12.3. The number of hydrogen-bond donors (Lipinski definition) is 1. The fourth-order valence-corrected chi connectivity index (χ4v) is 2.93. The molecular weight excluding hydrogens is 214 g/mol. The Hall–Kier alpha value is -0.940. The van der Waals surface area contributed by atoms with Gasteiger partial charge in [-0.1, -0.05) is 19.8 Å². The van der Waals surface area contributed by atoms with Crippen molar-refractivity contribution in [2.24, 2.45) is 12.8 Å². The average Bonchev–Trinajstić information content (AvgIpc) is 2.96. The molecule has 0 aromatic carbocycles. The van der Waals surface area contributed by atoms with Gasteiger partial charge in [-0.05, 0) is 19.4 Å². The van der Waals surface area contributed by atoms with E-state index in [-0.39, 0.29) is 5.54 Å².